The zero-order valence-electron chi connectivity index (χ0n) is 9.51. The highest BCUT2D eigenvalue weighted by Gasteiger charge is 2.24. The lowest BCUT2D eigenvalue weighted by Gasteiger charge is -2.28. The third kappa shape index (κ3) is 1.94. The highest BCUT2D eigenvalue weighted by Crippen LogP contribution is 2.27. The van der Waals surface area contributed by atoms with Crippen molar-refractivity contribution in [3.05, 3.63) is 40.6 Å². The van der Waals surface area contributed by atoms with Crippen molar-refractivity contribution in [3.8, 4) is 17.5 Å². The fourth-order valence-corrected chi connectivity index (χ4v) is 2.19. The van der Waals surface area contributed by atoms with Gasteiger partial charge in [-0.25, -0.2) is 4.98 Å². The molecule has 5 heteroatoms. The van der Waals surface area contributed by atoms with E-state index < -0.39 is 0 Å². The number of hydrogen-bond acceptors (Lipinski definition) is 3. The molecule has 0 spiro atoms. The number of hydrogen-bond donors (Lipinski definition) is 0. The second-order valence-corrected chi connectivity index (χ2v) is 5.08. The van der Waals surface area contributed by atoms with E-state index in [-0.39, 0.29) is 0 Å². The minimum atomic E-state index is 0.290. The maximum atomic E-state index is 8.97. The molecule has 1 aliphatic rings. The molecular weight excluding hydrogens is 294 g/mol. The van der Waals surface area contributed by atoms with Gasteiger partial charge in [0.25, 0.3) is 0 Å². The van der Waals surface area contributed by atoms with Gasteiger partial charge in [-0.2, -0.15) is 5.26 Å². The molecule has 0 radical (unpaired) electrons. The first-order valence-corrected chi connectivity index (χ1v) is 6.40. The fraction of sp³-hybridized carbons (Fsp3) is 0.231. The highest BCUT2D eigenvalue weighted by atomic mass is 79.9. The molecule has 4 nitrogen and oxygen atoms in total. The van der Waals surface area contributed by atoms with Crippen molar-refractivity contribution in [1.82, 2.24) is 9.55 Å². The van der Waals surface area contributed by atoms with Crippen LogP contribution in [0.2, 0.25) is 0 Å². The Morgan fingerprint density at radius 2 is 2.06 bits per heavy atom. The van der Waals surface area contributed by atoms with Crippen LogP contribution in [-0.2, 0) is 4.74 Å². The van der Waals surface area contributed by atoms with Crippen molar-refractivity contribution in [3.63, 3.8) is 0 Å². The topological polar surface area (TPSA) is 50.8 Å². The predicted molar refractivity (Wildman–Crippen MR) is 69.9 cm³/mol. The van der Waals surface area contributed by atoms with Gasteiger partial charge in [0.2, 0.25) is 0 Å². The summed E-state index contributed by atoms with van der Waals surface area (Å²) in [4.78, 5) is 4.36. The van der Waals surface area contributed by atoms with Gasteiger partial charge < -0.3 is 9.30 Å². The maximum Gasteiger partial charge on any atom is 0.159 e. The molecule has 90 valence electrons. The Kier molecular flexibility index (Phi) is 2.90. The van der Waals surface area contributed by atoms with Gasteiger partial charge in [0.05, 0.1) is 19.3 Å². The molecule has 18 heavy (non-hydrogen) atoms. The molecule has 2 aromatic rings. The van der Waals surface area contributed by atoms with E-state index in [1.807, 2.05) is 28.8 Å². The Hall–Kier alpha value is -1.64. The molecule has 0 unspecified atom stereocenters. The number of rotatable bonds is 2. The molecule has 2 heterocycles. The zero-order chi connectivity index (χ0) is 12.5. The molecule has 0 bridgehead atoms. The van der Waals surface area contributed by atoms with Gasteiger partial charge in [-0.15, -0.1) is 0 Å². The van der Waals surface area contributed by atoms with Gasteiger partial charge in [0, 0.05) is 16.2 Å². The highest BCUT2D eigenvalue weighted by molar-refractivity contribution is 9.10. The van der Waals surface area contributed by atoms with Crippen molar-refractivity contribution in [2.75, 3.05) is 13.2 Å². The van der Waals surface area contributed by atoms with Crippen LogP contribution in [-0.4, -0.2) is 22.8 Å². The van der Waals surface area contributed by atoms with Crippen molar-refractivity contribution >= 4 is 15.9 Å². The Labute approximate surface area is 113 Å². The fourth-order valence-electron chi connectivity index (χ4n) is 1.92. The van der Waals surface area contributed by atoms with E-state index >= 15 is 0 Å². The Bertz CT molecular complexity index is 608. The summed E-state index contributed by atoms with van der Waals surface area (Å²) >= 11 is 3.41. The molecule has 1 aromatic heterocycles. The average Bonchev–Trinajstić information content (AvgIpc) is 2.72. The zero-order valence-corrected chi connectivity index (χ0v) is 11.1. The van der Waals surface area contributed by atoms with E-state index in [9.17, 15) is 0 Å². The van der Waals surface area contributed by atoms with Crippen LogP contribution >= 0.6 is 15.9 Å². The summed E-state index contributed by atoms with van der Waals surface area (Å²) in [6.45, 7) is 1.37. The molecule has 0 saturated carbocycles. The number of ether oxygens (including phenoxy) is 1. The first kappa shape index (κ1) is 11.5. The van der Waals surface area contributed by atoms with Crippen LogP contribution in [0.5, 0.6) is 0 Å². The van der Waals surface area contributed by atoms with Crippen molar-refractivity contribution in [2.45, 2.75) is 6.04 Å². The van der Waals surface area contributed by atoms with Crippen LogP contribution in [0.15, 0.2) is 34.9 Å². The number of benzene rings is 1. The van der Waals surface area contributed by atoms with Crippen molar-refractivity contribution in [1.29, 1.82) is 5.26 Å². The van der Waals surface area contributed by atoms with Crippen LogP contribution in [0.1, 0.15) is 11.7 Å². The van der Waals surface area contributed by atoms with Crippen molar-refractivity contribution in [2.24, 2.45) is 0 Å². The summed E-state index contributed by atoms with van der Waals surface area (Å²) in [5.41, 5.74) is 1.45. The van der Waals surface area contributed by atoms with Gasteiger partial charge in [-0.05, 0) is 12.1 Å². The second kappa shape index (κ2) is 4.56. The predicted octanol–water partition coefficient (Wildman–Crippen LogP) is 2.76. The number of imidazole rings is 1. The summed E-state index contributed by atoms with van der Waals surface area (Å²) in [7, 11) is 0. The first-order chi connectivity index (χ1) is 8.78. The van der Waals surface area contributed by atoms with Gasteiger partial charge in [-0.1, -0.05) is 28.1 Å². The third-order valence-corrected chi connectivity index (χ3v) is 3.49. The van der Waals surface area contributed by atoms with Gasteiger partial charge in [0.15, 0.2) is 5.69 Å². The molecule has 0 N–H and O–H groups in total. The molecule has 0 aliphatic carbocycles. The standard InChI is InChI=1S/C13H10BrN3O/c14-10-3-1-9(2-4-10)13-16-11(5-15)6-17(13)12-7-18-8-12/h1-4,6,12H,7-8H2. The minimum Gasteiger partial charge on any atom is -0.377 e. The largest absolute Gasteiger partial charge is 0.377 e. The van der Waals surface area contributed by atoms with E-state index in [1.54, 1.807) is 6.20 Å². The molecule has 3 rings (SSSR count). The van der Waals surface area contributed by atoms with E-state index in [1.165, 1.54) is 0 Å². The monoisotopic (exact) mass is 303 g/mol. The SMILES string of the molecule is N#Cc1cn(C2COC2)c(-c2ccc(Br)cc2)n1. The molecule has 0 atom stereocenters. The van der Waals surface area contributed by atoms with Crippen LogP contribution < -0.4 is 0 Å². The second-order valence-electron chi connectivity index (χ2n) is 4.17. The van der Waals surface area contributed by atoms with Gasteiger partial charge in [0.1, 0.15) is 11.9 Å². The molecule has 1 fully saturated rings. The molecule has 1 aliphatic heterocycles. The molecule has 0 amide bonds. The van der Waals surface area contributed by atoms with Crippen LogP contribution in [0.25, 0.3) is 11.4 Å². The lowest BCUT2D eigenvalue weighted by atomic mass is 10.2. The lowest BCUT2D eigenvalue weighted by molar-refractivity contribution is -0.0226. The minimum absolute atomic E-state index is 0.290. The summed E-state index contributed by atoms with van der Waals surface area (Å²) in [6.07, 6.45) is 1.80. The van der Waals surface area contributed by atoms with Crippen LogP contribution in [0.4, 0.5) is 0 Å². The normalized spacial score (nSPS) is 15.1. The maximum absolute atomic E-state index is 8.97. The van der Waals surface area contributed by atoms with E-state index in [4.69, 9.17) is 10.00 Å². The summed E-state index contributed by atoms with van der Waals surface area (Å²) < 4.78 is 8.26. The third-order valence-electron chi connectivity index (χ3n) is 2.96. The number of nitriles is 1. The van der Waals surface area contributed by atoms with E-state index in [0.29, 0.717) is 24.9 Å². The first-order valence-electron chi connectivity index (χ1n) is 5.60. The van der Waals surface area contributed by atoms with E-state index in [2.05, 4.69) is 27.0 Å². The Balaban J connectivity index is 2.06. The van der Waals surface area contributed by atoms with Gasteiger partial charge >= 0.3 is 0 Å². The van der Waals surface area contributed by atoms with Crippen LogP contribution in [0, 0.1) is 11.3 Å². The molecule has 1 saturated heterocycles. The van der Waals surface area contributed by atoms with E-state index in [0.717, 1.165) is 15.9 Å². The van der Waals surface area contributed by atoms with Crippen LogP contribution in [0.3, 0.4) is 0 Å². The number of halogens is 1. The quantitative estimate of drug-likeness (QED) is 0.857. The van der Waals surface area contributed by atoms with Crippen molar-refractivity contribution < 1.29 is 4.74 Å². The lowest BCUT2D eigenvalue weighted by Crippen LogP contribution is -2.30. The van der Waals surface area contributed by atoms with Gasteiger partial charge in [-0.3, -0.25) is 0 Å². The number of aromatic nitrogens is 2. The summed E-state index contributed by atoms with van der Waals surface area (Å²) in [5, 5.41) is 8.97. The average molecular weight is 304 g/mol. The summed E-state index contributed by atoms with van der Waals surface area (Å²) in [5.74, 6) is 0.826. The smallest absolute Gasteiger partial charge is 0.159 e. The Morgan fingerprint density at radius 3 is 2.61 bits per heavy atom. The molecular formula is C13H10BrN3O. The summed E-state index contributed by atoms with van der Waals surface area (Å²) in [6, 6.07) is 10.3. The number of nitrogens with zero attached hydrogens (tertiary/aromatic N) is 3. The molecule has 1 aromatic carbocycles. The Morgan fingerprint density at radius 1 is 1.33 bits per heavy atom.